The Bertz CT molecular complexity index is 1170. The first-order chi connectivity index (χ1) is 16.0. The number of carbonyl (C=O) groups excluding carboxylic acids is 1. The van der Waals surface area contributed by atoms with Gasteiger partial charge in [0, 0.05) is 66.6 Å². The van der Waals surface area contributed by atoms with Crippen molar-refractivity contribution in [3.05, 3.63) is 63.8 Å². The lowest BCUT2D eigenvalue weighted by atomic mass is 9.92. The molecule has 2 aliphatic rings. The van der Waals surface area contributed by atoms with Crippen molar-refractivity contribution in [1.82, 2.24) is 9.88 Å². The zero-order valence-electron chi connectivity index (χ0n) is 18.3. The molecule has 2 heterocycles. The average Bonchev–Trinajstić information content (AvgIpc) is 3.20. The van der Waals surface area contributed by atoms with E-state index < -0.39 is 11.2 Å². The smallest absolute Gasteiger partial charge is 0.269 e. The standard InChI is InChI=1S/C24H27N5O4/c25-16-1-7-22-20(13-16)21-14-19(6-8-23(21)26-22)33-24(15-30)28-11-9-27(10-12-28)17-2-4-18(5-3-17)29(31)32/h2-6,8,14-16,24,26H,1,7,9-13,25H2. The van der Waals surface area contributed by atoms with Crippen LogP contribution >= 0.6 is 0 Å². The molecule has 0 spiro atoms. The number of aldehydes is 1. The molecule has 1 aliphatic carbocycles. The van der Waals surface area contributed by atoms with Crippen LogP contribution in [0.4, 0.5) is 11.4 Å². The molecule has 0 bridgehead atoms. The molecular weight excluding hydrogens is 422 g/mol. The lowest BCUT2D eigenvalue weighted by Gasteiger charge is -2.38. The number of hydrogen-bond acceptors (Lipinski definition) is 7. The van der Waals surface area contributed by atoms with Gasteiger partial charge >= 0.3 is 0 Å². The molecule has 0 amide bonds. The molecule has 172 valence electrons. The van der Waals surface area contributed by atoms with E-state index in [-0.39, 0.29) is 11.7 Å². The van der Waals surface area contributed by atoms with E-state index in [1.54, 1.807) is 12.1 Å². The number of H-pyrrole nitrogens is 1. The minimum absolute atomic E-state index is 0.0782. The molecule has 2 atom stereocenters. The van der Waals surface area contributed by atoms with E-state index >= 15 is 0 Å². The highest BCUT2D eigenvalue weighted by molar-refractivity contribution is 5.86. The molecule has 1 fully saturated rings. The van der Waals surface area contributed by atoms with E-state index in [1.807, 2.05) is 23.1 Å². The minimum atomic E-state index is -0.668. The molecule has 9 nitrogen and oxygen atoms in total. The van der Waals surface area contributed by atoms with Gasteiger partial charge in [-0.3, -0.25) is 19.8 Å². The molecule has 9 heteroatoms. The summed E-state index contributed by atoms with van der Waals surface area (Å²) in [7, 11) is 0. The zero-order chi connectivity index (χ0) is 22.9. The predicted molar refractivity (Wildman–Crippen MR) is 126 cm³/mol. The van der Waals surface area contributed by atoms with Crippen LogP contribution < -0.4 is 15.4 Å². The number of hydrogen-bond donors (Lipinski definition) is 2. The van der Waals surface area contributed by atoms with Crippen molar-refractivity contribution in [2.45, 2.75) is 31.5 Å². The number of anilines is 1. The number of nitrogens with one attached hydrogen (secondary N) is 1. The first-order valence-corrected chi connectivity index (χ1v) is 11.3. The van der Waals surface area contributed by atoms with Gasteiger partial charge in [-0.1, -0.05) is 0 Å². The number of aromatic amines is 1. The number of nitrogens with two attached hydrogens (primary N) is 1. The molecule has 5 rings (SSSR count). The van der Waals surface area contributed by atoms with E-state index in [2.05, 4.69) is 9.88 Å². The second-order valence-corrected chi connectivity index (χ2v) is 8.73. The van der Waals surface area contributed by atoms with Crippen LogP contribution in [0.1, 0.15) is 17.7 Å². The van der Waals surface area contributed by atoms with Crippen molar-refractivity contribution in [1.29, 1.82) is 0 Å². The van der Waals surface area contributed by atoms with Crippen molar-refractivity contribution in [2.75, 3.05) is 31.1 Å². The fourth-order valence-electron chi connectivity index (χ4n) is 4.84. The van der Waals surface area contributed by atoms with Crippen molar-refractivity contribution < 1.29 is 14.5 Å². The van der Waals surface area contributed by atoms with E-state index in [1.165, 1.54) is 23.4 Å². The average molecular weight is 450 g/mol. The Labute approximate surface area is 191 Å². The van der Waals surface area contributed by atoms with Crippen LogP contribution in [0.25, 0.3) is 10.9 Å². The van der Waals surface area contributed by atoms with Crippen molar-refractivity contribution >= 4 is 28.6 Å². The number of rotatable bonds is 6. The molecule has 1 aliphatic heterocycles. The lowest BCUT2D eigenvalue weighted by molar-refractivity contribution is -0.384. The largest absolute Gasteiger partial charge is 0.468 e. The third kappa shape index (κ3) is 4.29. The number of ether oxygens (including phenoxy) is 1. The van der Waals surface area contributed by atoms with Crippen LogP contribution in [0.5, 0.6) is 5.75 Å². The predicted octanol–water partition coefficient (Wildman–Crippen LogP) is 2.62. The van der Waals surface area contributed by atoms with E-state index in [0.717, 1.165) is 42.1 Å². The van der Waals surface area contributed by atoms with Crippen LogP contribution in [0, 0.1) is 10.1 Å². The summed E-state index contributed by atoms with van der Waals surface area (Å²) in [5, 5.41) is 12.0. The molecule has 2 unspecified atom stereocenters. The Morgan fingerprint density at radius 2 is 1.91 bits per heavy atom. The lowest BCUT2D eigenvalue weighted by Crippen LogP contribution is -2.52. The Hall–Kier alpha value is -3.43. The molecule has 1 saturated heterocycles. The minimum Gasteiger partial charge on any atom is -0.468 e. The number of fused-ring (bicyclic) bond motifs is 3. The van der Waals surface area contributed by atoms with Crippen LogP contribution in [0.2, 0.25) is 0 Å². The normalized spacial score (nSPS) is 19.8. The molecule has 1 aromatic heterocycles. The number of nitrogens with zero attached hydrogens (tertiary/aromatic N) is 3. The topological polar surface area (TPSA) is 118 Å². The molecule has 3 aromatic rings. The van der Waals surface area contributed by atoms with E-state index in [9.17, 15) is 14.9 Å². The van der Waals surface area contributed by atoms with E-state index in [0.29, 0.717) is 31.9 Å². The zero-order valence-corrected chi connectivity index (χ0v) is 18.3. The number of nitro benzene ring substituents is 1. The van der Waals surface area contributed by atoms with Gasteiger partial charge in [0.1, 0.15) is 5.75 Å². The van der Waals surface area contributed by atoms with Crippen molar-refractivity contribution in [3.8, 4) is 5.75 Å². The van der Waals surface area contributed by atoms with Gasteiger partial charge in [0.05, 0.1) is 4.92 Å². The van der Waals surface area contributed by atoms with Gasteiger partial charge in [-0.2, -0.15) is 0 Å². The summed E-state index contributed by atoms with van der Waals surface area (Å²) < 4.78 is 6.10. The fourth-order valence-corrected chi connectivity index (χ4v) is 4.84. The fraction of sp³-hybridized carbons (Fsp3) is 0.375. The van der Waals surface area contributed by atoms with Gasteiger partial charge in [0.15, 0.2) is 6.29 Å². The SMILES string of the molecule is NC1CCc2[nH]c3ccc(OC(C=O)N4CCN(c5ccc([N+](=O)[O-])cc5)CC4)cc3c2C1. The molecule has 33 heavy (non-hydrogen) atoms. The first kappa shape index (κ1) is 21.4. The van der Waals surface area contributed by atoms with Gasteiger partial charge in [0.2, 0.25) is 6.23 Å². The summed E-state index contributed by atoms with van der Waals surface area (Å²) >= 11 is 0. The summed E-state index contributed by atoms with van der Waals surface area (Å²) in [4.78, 5) is 30.0. The Kier molecular flexibility index (Phi) is 5.74. The molecular formula is C24H27N5O4. The van der Waals surface area contributed by atoms with Crippen LogP contribution in [0.15, 0.2) is 42.5 Å². The molecule has 0 saturated carbocycles. The second kappa shape index (κ2) is 8.84. The summed E-state index contributed by atoms with van der Waals surface area (Å²) in [6.45, 7) is 2.70. The molecule has 2 aromatic carbocycles. The number of carbonyl (C=O) groups is 1. The molecule has 0 radical (unpaired) electrons. The Morgan fingerprint density at radius 1 is 1.15 bits per heavy atom. The summed E-state index contributed by atoms with van der Waals surface area (Å²) in [5.74, 6) is 0.665. The quantitative estimate of drug-likeness (QED) is 0.337. The summed E-state index contributed by atoms with van der Waals surface area (Å²) in [5.41, 5.74) is 10.8. The summed E-state index contributed by atoms with van der Waals surface area (Å²) in [6.07, 6.45) is 2.97. The number of benzene rings is 2. The maximum absolute atomic E-state index is 11.9. The highest BCUT2D eigenvalue weighted by Crippen LogP contribution is 2.31. The third-order valence-corrected chi connectivity index (χ3v) is 6.67. The van der Waals surface area contributed by atoms with Crippen LogP contribution in [0.3, 0.4) is 0 Å². The van der Waals surface area contributed by atoms with E-state index in [4.69, 9.17) is 10.5 Å². The maximum atomic E-state index is 11.9. The van der Waals surface area contributed by atoms with Gasteiger partial charge in [-0.05, 0) is 55.2 Å². The summed E-state index contributed by atoms with van der Waals surface area (Å²) in [6, 6.07) is 12.6. The Morgan fingerprint density at radius 3 is 2.61 bits per heavy atom. The second-order valence-electron chi connectivity index (χ2n) is 8.73. The van der Waals surface area contributed by atoms with Crippen LogP contribution in [-0.4, -0.2) is 59.5 Å². The highest BCUT2D eigenvalue weighted by atomic mass is 16.6. The highest BCUT2D eigenvalue weighted by Gasteiger charge is 2.26. The van der Waals surface area contributed by atoms with Gasteiger partial charge in [-0.25, -0.2) is 0 Å². The molecule has 3 N–H and O–H groups in total. The maximum Gasteiger partial charge on any atom is 0.269 e. The number of aryl methyl sites for hydroxylation is 1. The van der Waals surface area contributed by atoms with Gasteiger partial charge < -0.3 is 20.4 Å². The monoisotopic (exact) mass is 449 g/mol. The Balaban J connectivity index is 1.25. The number of non-ortho nitro benzene ring substituents is 1. The number of nitro groups is 1. The number of piperazine rings is 1. The first-order valence-electron chi connectivity index (χ1n) is 11.3. The van der Waals surface area contributed by atoms with Gasteiger partial charge in [-0.15, -0.1) is 0 Å². The number of aromatic nitrogens is 1. The van der Waals surface area contributed by atoms with Crippen molar-refractivity contribution in [2.24, 2.45) is 5.73 Å². The van der Waals surface area contributed by atoms with Crippen LogP contribution in [-0.2, 0) is 17.6 Å². The van der Waals surface area contributed by atoms with Crippen molar-refractivity contribution in [3.63, 3.8) is 0 Å². The van der Waals surface area contributed by atoms with Gasteiger partial charge in [0.25, 0.3) is 5.69 Å². The third-order valence-electron chi connectivity index (χ3n) is 6.67.